The lowest BCUT2D eigenvalue weighted by atomic mass is 9.79. The Hall–Kier alpha value is -1.00. The van der Waals surface area contributed by atoms with Gasteiger partial charge in [0.1, 0.15) is 5.54 Å². The van der Waals surface area contributed by atoms with Gasteiger partial charge in [-0.05, 0) is 23.2 Å². The third-order valence-corrected chi connectivity index (χ3v) is 5.35. The molecule has 0 radical (unpaired) electrons. The second-order valence-corrected chi connectivity index (χ2v) is 7.23. The predicted molar refractivity (Wildman–Crippen MR) is 83.8 cm³/mol. The molecule has 2 rings (SSSR count). The summed E-state index contributed by atoms with van der Waals surface area (Å²) < 4.78 is 5.06. The van der Waals surface area contributed by atoms with Crippen molar-refractivity contribution in [3.63, 3.8) is 0 Å². The summed E-state index contributed by atoms with van der Waals surface area (Å²) in [5, 5.41) is 3.46. The Morgan fingerprint density at radius 3 is 2.60 bits per heavy atom. The van der Waals surface area contributed by atoms with Gasteiger partial charge in [0.2, 0.25) is 0 Å². The van der Waals surface area contributed by atoms with Gasteiger partial charge in [-0.3, -0.25) is 10.1 Å². The molecule has 1 aromatic carbocycles. The van der Waals surface area contributed by atoms with E-state index in [9.17, 15) is 4.79 Å². The number of hydrogen-bond donors (Lipinski definition) is 1. The van der Waals surface area contributed by atoms with E-state index >= 15 is 0 Å². The van der Waals surface area contributed by atoms with Crippen molar-refractivity contribution in [1.29, 1.82) is 0 Å². The highest BCUT2D eigenvalue weighted by molar-refractivity contribution is 7.99. The van der Waals surface area contributed by atoms with Gasteiger partial charge in [-0.2, -0.15) is 11.8 Å². The number of hydrogen-bond acceptors (Lipinski definition) is 4. The van der Waals surface area contributed by atoms with Crippen molar-refractivity contribution in [2.24, 2.45) is 5.41 Å². The third-order valence-electron chi connectivity index (χ3n) is 3.67. The van der Waals surface area contributed by atoms with Gasteiger partial charge in [-0.15, -0.1) is 0 Å². The minimum absolute atomic E-state index is 0.140. The fourth-order valence-electron chi connectivity index (χ4n) is 2.80. The van der Waals surface area contributed by atoms with E-state index in [1.807, 2.05) is 30.0 Å². The molecule has 1 unspecified atom stereocenters. The average Bonchev–Trinajstić information content (AvgIpc) is 2.44. The predicted octanol–water partition coefficient (Wildman–Crippen LogP) is 2.85. The van der Waals surface area contributed by atoms with E-state index < -0.39 is 5.54 Å². The van der Waals surface area contributed by atoms with Crippen molar-refractivity contribution >= 4 is 17.7 Å². The number of benzene rings is 1. The first kappa shape index (κ1) is 15.4. The van der Waals surface area contributed by atoms with Gasteiger partial charge < -0.3 is 4.74 Å². The van der Waals surface area contributed by atoms with Gasteiger partial charge in [0, 0.05) is 12.3 Å². The quantitative estimate of drug-likeness (QED) is 0.866. The maximum Gasteiger partial charge on any atom is 0.326 e. The summed E-state index contributed by atoms with van der Waals surface area (Å²) in [6, 6.07) is 10.2. The molecule has 1 aromatic rings. The van der Waals surface area contributed by atoms with Gasteiger partial charge in [0.25, 0.3) is 0 Å². The zero-order valence-corrected chi connectivity index (χ0v) is 13.3. The van der Waals surface area contributed by atoms with E-state index in [1.165, 1.54) is 12.7 Å². The second kappa shape index (κ2) is 6.19. The van der Waals surface area contributed by atoms with Gasteiger partial charge >= 0.3 is 5.97 Å². The molecule has 0 saturated carbocycles. The van der Waals surface area contributed by atoms with Gasteiger partial charge in [0.05, 0.1) is 7.11 Å². The third kappa shape index (κ3) is 3.55. The fraction of sp³-hybridized carbons (Fsp3) is 0.562. The summed E-state index contributed by atoms with van der Waals surface area (Å²) >= 11 is 1.82. The van der Waals surface area contributed by atoms with Gasteiger partial charge in [0.15, 0.2) is 0 Å². The smallest absolute Gasteiger partial charge is 0.326 e. The standard InChI is InChI=1S/C16H23NO2S/c1-15(2)10-16(12-20-11-15,14(18)19-3)17-9-13-7-5-4-6-8-13/h4-8,17H,9-12H2,1-3H3. The molecular weight excluding hydrogens is 270 g/mol. The lowest BCUT2D eigenvalue weighted by Gasteiger charge is -2.43. The minimum atomic E-state index is -0.572. The van der Waals surface area contributed by atoms with Crippen LogP contribution in [0.25, 0.3) is 0 Å². The average molecular weight is 293 g/mol. The molecule has 110 valence electrons. The summed E-state index contributed by atoms with van der Waals surface area (Å²) in [5.74, 6) is 1.71. The molecule has 1 aliphatic heterocycles. The van der Waals surface area contributed by atoms with Crippen LogP contribution in [0, 0.1) is 5.41 Å². The summed E-state index contributed by atoms with van der Waals surface area (Å²) in [7, 11) is 1.47. The SMILES string of the molecule is COC(=O)C1(NCc2ccccc2)CSCC(C)(C)C1. The highest BCUT2D eigenvalue weighted by Crippen LogP contribution is 2.40. The Kier molecular flexibility index (Phi) is 4.76. The van der Waals surface area contributed by atoms with E-state index in [0.29, 0.717) is 6.54 Å². The minimum Gasteiger partial charge on any atom is -0.468 e. The van der Waals surface area contributed by atoms with E-state index in [4.69, 9.17) is 4.74 Å². The molecule has 0 spiro atoms. The first-order valence-corrected chi connectivity index (χ1v) is 8.08. The highest BCUT2D eigenvalue weighted by atomic mass is 32.2. The van der Waals surface area contributed by atoms with Crippen LogP contribution in [0.5, 0.6) is 0 Å². The van der Waals surface area contributed by atoms with Crippen LogP contribution in [-0.4, -0.2) is 30.1 Å². The van der Waals surface area contributed by atoms with Crippen LogP contribution < -0.4 is 5.32 Å². The monoisotopic (exact) mass is 293 g/mol. The van der Waals surface area contributed by atoms with Crippen LogP contribution in [0.3, 0.4) is 0 Å². The summed E-state index contributed by atoms with van der Waals surface area (Å²) in [4.78, 5) is 12.3. The maximum absolute atomic E-state index is 12.3. The maximum atomic E-state index is 12.3. The van der Waals surface area contributed by atoms with Crippen LogP contribution in [0.2, 0.25) is 0 Å². The molecule has 1 atom stereocenters. The van der Waals surface area contributed by atoms with Crippen molar-refractivity contribution in [1.82, 2.24) is 5.32 Å². The van der Waals surface area contributed by atoms with Crippen molar-refractivity contribution in [2.45, 2.75) is 32.4 Å². The molecule has 0 aromatic heterocycles. The van der Waals surface area contributed by atoms with Crippen LogP contribution >= 0.6 is 11.8 Å². The Labute approximate surface area is 125 Å². The molecule has 1 aliphatic rings. The number of carbonyl (C=O) groups excluding carboxylic acids is 1. The first-order chi connectivity index (χ1) is 9.47. The van der Waals surface area contributed by atoms with E-state index in [0.717, 1.165) is 17.9 Å². The summed E-state index contributed by atoms with van der Waals surface area (Å²) in [6.07, 6.45) is 0.812. The number of rotatable bonds is 4. The van der Waals surface area contributed by atoms with Crippen molar-refractivity contribution in [3.8, 4) is 0 Å². The first-order valence-electron chi connectivity index (χ1n) is 6.93. The van der Waals surface area contributed by atoms with E-state index in [2.05, 4.69) is 31.3 Å². The Bertz CT molecular complexity index is 461. The molecule has 0 aliphatic carbocycles. The lowest BCUT2D eigenvalue weighted by molar-refractivity contribution is -0.149. The summed E-state index contributed by atoms with van der Waals surface area (Å²) in [5.41, 5.74) is 0.752. The van der Waals surface area contributed by atoms with Crippen molar-refractivity contribution < 1.29 is 9.53 Å². The molecule has 1 fully saturated rings. The van der Waals surface area contributed by atoms with E-state index in [-0.39, 0.29) is 11.4 Å². The normalized spacial score (nSPS) is 25.1. The van der Waals surface area contributed by atoms with Crippen molar-refractivity contribution in [2.75, 3.05) is 18.6 Å². The lowest BCUT2D eigenvalue weighted by Crippen LogP contribution is -2.59. The topological polar surface area (TPSA) is 38.3 Å². The largest absolute Gasteiger partial charge is 0.468 e. The molecule has 0 bridgehead atoms. The number of thioether (sulfide) groups is 1. The Balaban J connectivity index is 2.13. The molecular formula is C16H23NO2S. The van der Waals surface area contributed by atoms with Crippen LogP contribution in [0.15, 0.2) is 30.3 Å². The molecule has 0 amide bonds. The molecule has 4 heteroatoms. The molecule has 1 saturated heterocycles. The Morgan fingerprint density at radius 2 is 2.00 bits per heavy atom. The van der Waals surface area contributed by atoms with E-state index in [1.54, 1.807) is 0 Å². The van der Waals surface area contributed by atoms with Crippen molar-refractivity contribution in [3.05, 3.63) is 35.9 Å². The number of carbonyl (C=O) groups is 1. The zero-order valence-electron chi connectivity index (χ0n) is 12.4. The number of methoxy groups -OCH3 is 1. The second-order valence-electron chi connectivity index (χ2n) is 6.25. The zero-order chi connectivity index (χ0) is 14.6. The van der Waals surface area contributed by atoms with Gasteiger partial charge in [-0.25, -0.2) is 0 Å². The number of nitrogens with one attached hydrogen (secondary N) is 1. The number of esters is 1. The highest BCUT2D eigenvalue weighted by Gasteiger charge is 2.46. The van der Waals surface area contributed by atoms with Crippen LogP contribution in [0.4, 0.5) is 0 Å². The molecule has 1 N–H and O–H groups in total. The molecule has 20 heavy (non-hydrogen) atoms. The fourth-order valence-corrected chi connectivity index (χ4v) is 4.23. The van der Waals surface area contributed by atoms with Crippen LogP contribution in [-0.2, 0) is 16.1 Å². The Morgan fingerprint density at radius 1 is 1.30 bits per heavy atom. The molecule has 1 heterocycles. The molecule has 3 nitrogen and oxygen atoms in total. The van der Waals surface area contributed by atoms with Gasteiger partial charge in [-0.1, -0.05) is 44.2 Å². The summed E-state index contributed by atoms with van der Waals surface area (Å²) in [6.45, 7) is 5.11. The van der Waals surface area contributed by atoms with Crippen LogP contribution in [0.1, 0.15) is 25.8 Å². The number of ether oxygens (including phenoxy) is 1.